The van der Waals surface area contributed by atoms with Gasteiger partial charge >= 0.3 is 0 Å². The van der Waals surface area contributed by atoms with Gasteiger partial charge < -0.3 is 19.5 Å². The number of aliphatic hydroxyl groups is 1. The molecule has 33 heavy (non-hydrogen) atoms. The van der Waals surface area contributed by atoms with E-state index in [1.165, 1.54) is 0 Å². The number of fused-ring (bicyclic) bond motifs is 4. The van der Waals surface area contributed by atoms with Crippen molar-refractivity contribution < 1.29 is 14.7 Å². The van der Waals surface area contributed by atoms with Gasteiger partial charge in [0.25, 0.3) is 5.56 Å². The smallest absolute Gasteiger partial charge is 0.258 e. The van der Waals surface area contributed by atoms with Gasteiger partial charge in [-0.1, -0.05) is 37.3 Å². The molecule has 2 saturated heterocycles. The third-order valence-corrected chi connectivity index (χ3v) is 7.67. The van der Waals surface area contributed by atoms with Crippen molar-refractivity contribution in [3.63, 3.8) is 0 Å². The van der Waals surface area contributed by atoms with E-state index in [9.17, 15) is 19.5 Å². The Morgan fingerprint density at radius 2 is 1.76 bits per heavy atom. The zero-order valence-electron chi connectivity index (χ0n) is 19.0. The van der Waals surface area contributed by atoms with Crippen LogP contribution in [-0.2, 0) is 16.1 Å². The quantitative estimate of drug-likeness (QED) is 0.777. The highest BCUT2D eigenvalue weighted by atomic mass is 16.3. The van der Waals surface area contributed by atoms with Crippen molar-refractivity contribution in [3.8, 4) is 11.1 Å². The van der Waals surface area contributed by atoms with Crippen LogP contribution in [0.2, 0.25) is 0 Å². The average molecular weight is 450 g/mol. The lowest BCUT2D eigenvalue weighted by Gasteiger charge is -2.39. The Bertz CT molecular complexity index is 1110. The normalized spacial score (nSPS) is 26.2. The summed E-state index contributed by atoms with van der Waals surface area (Å²) >= 11 is 0. The van der Waals surface area contributed by atoms with E-state index in [1.54, 1.807) is 9.47 Å². The van der Waals surface area contributed by atoms with Crippen LogP contribution in [0.4, 0.5) is 0 Å². The number of aliphatic hydroxyl groups excluding tert-OH is 1. The van der Waals surface area contributed by atoms with Gasteiger partial charge in [0, 0.05) is 49.8 Å². The van der Waals surface area contributed by atoms with E-state index in [2.05, 4.69) is 0 Å². The Labute approximate surface area is 193 Å². The molecule has 5 rings (SSSR count). The zero-order chi connectivity index (χ0) is 23.1. The van der Waals surface area contributed by atoms with E-state index in [-0.39, 0.29) is 35.9 Å². The molecule has 3 aliphatic rings. The molecule has 1 aromatic carbocycles. The summed E-state index contributed by atoms with van der Waals surface area (Å²) in [6, 6.07) is 12.3. The van der Waals surface area contributed by atoms with Crippen molar-refractivity contribution in [1.82, 2.24) is 14.4 Å². The van der Waals surface area contributed by atoms with E-state index in [0.717, 1.165) is 24.8 Å². The number of rotatable bonds is 4. The molecule has 0 unspecified atom stereocenters. The summed E-state index contributed by atoms with van der Waals surface area (Å²) in [4.78, 5) is 44.0. The van der Waals surface area contributed by atoms with Gasteiger partial charge in [-0.3, -0.25) is 14.4 Å². The van der Waals surface area contributed by atoms with Gasteiger partial charge in [-0.25, -0.2) is 0 Å². The fourth-order valence-corrected chi connectivity index (χ4v) is 6.07. The first-order chi connectivity index (χ1) is 16.1. The van der Waals surface area contributed by atoms with Crippen LogP contribution in [0.25, 0.3) is 11.1 Å². The Hall–Kier alpha value is -2.93. The standard InChI is InChI=1S/C26H31N3O4/c1-2-22(31)29-21-15-28-20(12-11-18(25(28)32)17-9-5-3-6-10-17)24(29)23(19(21)16-30)26(33)27-13-7-4-8-14-27/h3,5-6,9-12,19,21,23-24,30H,2,4,7-8,13-16H2,1H3/t19-,21-,23+,24+/m0/s1. The molecule has 2 aromatic rings. The van der Waals surface area contributed by atoms with Crippen molar-refractivity contribution in [2.45, 2.75) is 51.2 Å². The van der Waals surface area contributed by atoms with E-state index >= 15 is 0 Å². The maximum Gasteiger partial charge on any atom is 0.258 e. The Morgan fingerprint density at radius 1 is 1.03 bits per heavy atom. The molecular weight excluding hydrogens is 418 g/mol. The van der Waals surface area contributed by atoms with Crippen molar-refractivity contribution in [2.24, 2.45) is 11.8 Å². The van der Waals surface area contributed by atoms with E-state index in [4.69, 9.17) is 0 Å². The van der Waals surface area contributed by atoms with Crippen molar-refractivity contribution in [1.29, 1.82) is 0 Å². The number of piperidine rings is 1. The maximum atomic E-state index is 13.7. The Kier molecular flexibility index (Phi) is 5.83. The Morgan fingerprint density at radius 3 is 2.42 bits per heavy atom. The molecule has 0 aliphatic carbocycles. The molecule has 4 atom stereocenters. The fourth-order valence-electron chi connectivity index (χ4n) is 6.07. The molecular formula is C26H31N3O4. The number of hydrogen-bond donors (Lipinski definition) is 1. The molecule has 174 valence electrons. The summed E-state index contributed by atoms with van der Waals surface area (Å²) in [7, 11) is 0. The number of hydrogen-bond acceptors (Lipinski definition) is 4. The van der Waals surface area contributed by atoms with Gasteiger partial charge in [-0.05, 0) is 37.0 Å². The third kappa shape index (κ3) is 3.50. The second-order valence-corrected chi connectivity index (χ2v) is 9.38. The monoisotopic (exact) mass is 449 g/mol. The third-order valence-electron chi connectivity index (χ3n) is 7.67. The molecule has 0 spiro atoms. The van der Waals surface area contributed by atoms with Gasteiger partial charge in [0.2, 0.25) is 11.8 Å². The zero-order valence-corrected chi connectivity index (χ0v) is 19.0. The number of carbonyl (C=O) groups is 2. The van der Waals surface area contributed by atoms with E-state index < -0.39 is 12.0 Å². The molecule has 1 aromatic heterocycles. The summed E-state index contributed by atoms with van der Waals surface area (Å²) in [6.45, 7) is 3.36. The fraction of sp³-hybridized carbons (Fsp3) is 0.500. The van der Waals surface area contributed by atoms with Gasteiger partial charge in [-0.15, -0.1) is 0 Å². The summed E-state index contributed by atoms with van der Waals surface area (Å²) in [6.07, 6.45) is 3.39. The lowest BCUT2D eigenvalue weighted by Crippen LogP contribution is -2.49. The Balaban J connectivity index is 1.63. The topological polar surface area (TPSA) is 82.9 Å². The highest BCUT2D eigenvalue weighted by Crippen LogP contribution is 2.49. The van der Waals surface area contributed by atoms with E-state index in [1.807, 2.05) is 54.3 Å². The molecule has 4 heterocycles. The highest BCUT2D eigenvalue weighted by Gasteiger charge is 2.57. The predicted molar refractivity (Wildman–Crippen MR) is 124 cm³/mol. The number of pyridine rings is 1. The number of amides is 2. The molecule has 1 N–H and O–H groups in total. The summed E-state index contributed by atoms with van der Waals surface area (Å²) in [5.41, 5.74) is 2.04. The first-order valence-corrected chi connectivity index (χ1v) is 12.1. The molecule has 2 amide bonds. The highest BCUT2D eigenvalue weighted by molar-refractivity contribution is 5.84. The molecule has 3 aliphatic heterocycles. The van der Waals surface area contributed by atoms with Crippen LogP contribution in [0.1, 0.15) is 44.3 Å². The number of benzene rings is 1. The van der Waals surface area contributed by atoms with Crippen molar-refractivity contribution in [2.75, 3.05) is 19.7 Å². The van der Waals surface area contributed by atoms with Crippen LogP contribution in [0, 0.1) is 11.8 Å². The lowest BCUT2D eigenvalue weighted by atomic mass is 9.85. The number of nitrogens with zero attached hydrogens (tertiary/aromatic N) is 3. The van der Waals surface area contributed by atoms with Crippen molar-refractivity contribution in [3.05, 3.63) is 58.5 Å². The lowest BCUT2D eigenvalue weighted by molar-refractivity contribution is -0.140. The minimum atomic E-state index is -0.538. The summed E-state index contributed by atoms with van der Waals surface area (Å²) in [5.74, 6) is -0.963. The maximum absolute atomic E-state index is 13.7. The molecule has 0 radical (unpaired) electrons. The number of aromatic nitrogens is 1. The van der Waals surface area contributed by atoms with Crippen LogP contribution in [0.5, 0.6) is 0 Å². The molecule has 2 fully saturated rings. The van der Waals surface area contributed by atoms with Gasteiger partial charge in [0.05, 0.1) is 18.0 Å². The number of carbonyl (C=O) groups excluding carboxylic acids is 2. The predicted octanol–water partition coefficient (Wildman–Crippen LogP) is 2.43. The minimum absolute atomic E-state index is 0.00295. The average Bonchev–Trinajstić information content (AvgIpc) is 3.11. The first-order valence-electron chi connectivity index (χ1n) is 12.1. The minimum Gasteiger partial charge on any atom is -0.396 e. The largest absolute Gasteiger partial charge is 0.396 e. The second kappa shape index (κ2) is 8.78. The summed E-state index contributed by atoms with van der Waals surface area (Å²) in [5, 5.41) is 10.4. The van der Waals surface area contributed by atoms with Gasteiger partial charge in [-0.2, -0.15) is 0 Å². The van der Waals surface area contributed by atoms with Crippen LogP contribution >= 0.6 is 0 Å². The second-order valence-electron chi connectivity index (χ2n) is 9.38. The summed E-state index contributed by atoms with van der Waals surface area (Å²) < 4.78 is 1.74. The van der Waals surface area contributed by atoms with Gasteiger partial charge in [0.1, 0.15) is 0 Å². The molecule has 2 bridgehead atoms. The SMILES string of the molecule is CCC(=O)N1[C@@H]2c3ccc(-c4ccccc4)c(=O)n3C[C@H]1[C@H](CO)[C@H]2C(=O)N1CCCCC1. The molecule has 0 saturated carbocycles. The molecule has 7 heteroatoms. The first kappa shape index (κ1) is 21.9. The van der Waals surface area contributed by atoms with Crippen LogP contribution in [-0.4, -0.2) is 57.0 Å². The number of likely N-dealkylation sites (tertiary alicyclic amines) is 1. The van der Waals surface area contributed by atoms with Crippen molar-refractivity contribution >= 4 is 11.8 Å². The van der Waals surface area contributed by atoms with Crippen LogP contribution < -0.4 is 5.56 Å². The van der Waals surface area contributed by atoms with Crippen LogP contribution in [0.15, 0.2) is 47.3 Å². The molecule has 7 nitrogen and oxygen atoms in total. The van der Waals surface area contributed by atoms with Gasteiger partial charge in [0.15, 0.2) is 0 Å². The van der Waals surface area contributed by atoms with Crippen LogP contribution in [0.3, 0.4) is 0 Å². The van der Waals surface area contributed by atoms with E-state index in [0.29, 0.717) is 37.3 Å².